The van der Waals surface area contributed by atoms with E-state index >= 15 is 0 Å². The molecule has 2 aliphatic heterocycles. The zero-order chi connectivity index (χ0) is 25.1. The van der Waals surface area contributed by atoms with Gasteiger partial charge >= 0.3 is 12.1 Å². The molecule has 2 aliphatic rings. The molecule has 0 aromatic carbocycles. The lowest BCUT2D eigenvalue weighted by molar-refractivity contribution is -0.186. The molecule has 2 fully saturated rings. The van der Waals surface area contributed by atoms with Crippen LogP contribution in [0.1, 0.15) is 35.4 Å². The van der Waals surface area contributed by atoms with Gasteiger partial charge in [0.05, 0.1) is 11.2 Å². The van der Waals surface area contributed by atoms with Crippen LogP contribution in [-0.4, -0.2) is 67.5 Å². The van der Waals surface area contributed by atoms with E-state index in [-0.39, 0.29) is 36.6 Å². The Kier molecular flexibility index (Phi) is 5.40. The molecular formula is C21H20F5N7O2. The predicted octanol–water partition coefficient (Wildman–Crippen LogP) is 3.00. The molecule has 9 nitrogen and oxygen atoms in total. The lowest BCUT2D eigenvalue weighted by Gasteiger charge is -2.41. The van der Waals surface area contributed by atoms with Gasteiger partial charge in [-0.1, -0.05) is 0 Å². The summed E-state index contributed by atoms with van der Waals surface area (Å²) in [7, 11) is 1.46. The van der Waals surface area contributed by atoms with E-state index in [4.69, 9.17) is 0 Å². The average molecular weight is 497 g/mol. The Labute approximate surface area is 195 Å². The quantitative estimate of drug-likeness (QED) is 0.560. The Morgan fingerprint density at radius 2 is 1.71 bits per heavy atom. The van der Waals surface area contributed by atoms with Crippen LogP contribution in [0.5, 0.6) is 0 Å². The van der Waals surface area contributed by atoms with Gasteiger partial charge in [0.1, 0.15) is 11.5 Å². The second-order valence-electron chi connectivity index (χ2n) is 8.60. The minimum Gasteiger partial charge on any atom is -0.346 e. The van der Waals surface area contributed by atoms with Crippen molar-refractivity contribution in [3.05, 3.63) is 41.9 Å². The number of rotatable bonds is 4. The summed E-state index contributed by atoms with van der Waals surface area (Å²) in [6.07, 6.45) is -5.33. The van der Waals surface area contributed by atoms with Crippen molar-refractivity contribution in [2.45, 2.75) is 37.5 Å². The summed E-state index contributed by atoms with van der Waals surface area (Å²) in [5, 5.41) is 10.6. The highest BCUT2D eigenvalue weighted by Gasteiger charge is 2.49. The third kappa shape index (κ3) is 4.06. The highest BCUT2D eigenvalue weighted by Crippen LogP contribution is 2.35. The smallest absolute Gasteiger partial charge is 0.346 e. The van der Waals surface area contributed by atoms with E-state index in [0.717, 1.165) is 4.90 Å². The molecule has 2 unspecified atom stereocenters. The molecule has 0 saturated carbocycles. The van der Waals surface area contributed by atoms with Gasteiger partial charge in [0, 0.05) is 38.4 Å². The van der Waals surface area contributed by atoms with Crippen molar-refractivity contribution >= 4 is 28.8 Å². The van der Waals surface area contributed by atoms with Gasteiger partial charge < -0.3 is 15.1 Å². The van der Waals surface area contributed by atoms with Gasteiger partial charge in [-0.25, -0.2) is 13.3 Å². The number of piperazine rings is 1. The average Bonchev–Trinajstić information content (AvgIpc) is 3.45. The largest absolute Gasteiger partial charge is 0.471 e. The monoisotopic (exact) mass is 497 g/mol. The fourth-order valence-corrected chi connectivity index (χ4v) is 4.86. The zero-order valence-electron chi connectivity index (χ0n) is 18.3. The molecule has 2 bridgehead atoms. The first-order valence-electron chi connectivity index (χ1n) is 10.8. The van der Waals surface area contributed by atoms with Crippen molar-refractivity contribution in [1.29, 1.82) is 0 Å². The van der Waals surface area contributed by atoms with Crippen molar-refractivity contribution < 1.29 is 31.5 Å². The van der Waals surface area contributed by atoms with Crippen LogP contribution in [-0.2, 0) is 11.8 Å². The number of hydrogen-bond acceptors (Lipinski definition) is 5. The van der Waals surface area contributed by atoms with Crippen LogP contribution in [0.15, 0.2) is 30.5 Å². The van der Waals surface area contributed by atoms with E-state index in [9.17, 15) is 31.5 Å². The zero-order valence-corrected chi connectivity index (χ0v) is 18.3. The van der Waals surface area contributed by atoms with E-state index in [1.807, 2.05) is 4.90 Å². The minimum atomic E-state index is -4.93. The molecular weight excluding hydrogens is 477 g/mol. The summed E-state index contributed by atoms with van der Waals surface area (Å²) in [5.74, 6) is -2.07. The SMILES string of the molecule is Cn1cc(NC(=O)c2ccc3ccc(N4C5CCC4CN(C(=O)C(F)(F)F)C5)nn23)c(C(F)F)n1. The van der Waals surface area contributed by atoms with Crippen molar-refractivity contribution in [3.8, 4) is 0 Å². The molecule has 2 amide bonds. The second kappa shape index (κ2) is 8.20. The summed E-state index contributed by atoms with van der Waals surface area (Å²) >= 11 is 0. The van der Waals surface area contributed by atoms with Gasteiger partial charge in [0.2, 0.25) is 0 Å². The topological polar surface area (TPSA) is 87.8 Å². The van der Waals surface area contributed by atoms with Gasteiger partial charge in [-0.05, 0) is 37.1 Å². The number of halogens is 5. The van der Waals surface area contributed by atoms with E-state index in [0.29, 0.717) is 24.2 Å². The first-order chi connectivity index (χ1) is 16.5. The highest BCUT2D eigenvalue weighted by molar-refractivity contribution is 6.04. The summed E-state index contributed by atoms with van der Waals surface area (Å²) in [5.41, 5.74) is -0.0260. The number of carbonyl (C=O) groups is 2. The Hall–Kier alpha value is -3.71. The van der Waals surface area contributed by atoms with Gasteiger partial charge in [-0.3, -0.25) is 14.3 Å². The van der Waals surface area contributed by atoms with Gasteiger partial charge in [-0.2, -0.15) is 18.3 Å². The maximum Gasteiger partial charge on any atom is 0.471 e. The van der Waals surface area contributed by atoms with Crippen molar-refractivity contribution in [3.63, 3.8) is 0 Å². The number of aromatic nitrogens is 4. The normalized spacial score (nSPS) is 20.2. The first kappa shape index (κ1) is 23.1. The van der Waals surface area contributed by atoms with E-state index in [2.05, 4.69) is 15.5 Å². The predicted molar refractivity (Wildman–Crippen MR) is 113 cm³/mol. The number of alkyl halides is 5. The van der Waals surface area contributed by atoms with Gasteiger partial charge in [0.15, 0.2) is 5.69 Å². The van der Waals surface area contributed by atoms with Crippen LogP contribution in [0.3, 0.4) is 0 Å². The Balaban J connectivity index is 1.41. The molecule has 5 heterocycles. The maximum absolute atomic E-state index is 13.2. The van der Waals surface area contributed by atoms with Gasteiger partial charge in [-0.15, -0.1) is 5.10 Å². The number of carbonyl (C=O) groups excluding carboxylic acids is 2. The first-order valence-corrected chi connectivity index (χ1v) is 10.8. The molecule has 14 heteroatoms. The third-order valence-corrected chi connectivity index (χ3v) is 6.31. The summed E-state index contributed by atoms with van der Waals surface area (Å²) in [4.78, 5) is 27.3. The molecule has 3 aromatic rings. The number of aryl methyl sites for hydroxylation is 1. The molecule has 0 radical (unpaired) electrons. The number of nitrogens with zero attached hydrogens (tertiary/aromatic N) is 6. The van der Waals surface area contributed by atoms with Crippen LogP contribution in [0.4, 0.5) is 33.5 Å². The Morgan fingerprint density at radius 1 is 1.06 bits per heavy atom. The molecule has 2 saturated heterocycles. The molecule has 0 aliphatic carbocycles. The standard InChI is InChI=1S/C21H20F5N7O2/c1-30-10-14(17(29-30)18(22)23)27-19(34)15-6-4-11-5-7-16(28-33(11)15)32-12-2-3-13(32)9-31(8-12)20(35)21(24,25)26/h4-7,10,12-13,18H,2-3,8-9H2,1H3,(H,27,34). The van der Waals surface area contributed by atoms with E-state index in [1.165, 1.54) is 28.5 Å². The summed E-state index contributed by atoms with van der Waals surface area (Å²) < 4.78 is 67.7. The fraction of sp³-hybridized carbons (Fsp3) is 0.429. The lowest BCUT2D eigenvalue weighted by Crippen LogP contribution is -2.58. The number of amides is 2. The highest BCUT2D eigenvalue weighted by atomic mass is 19.4. The number of anilines is 2. The van der Waals surface area contributed by atoms with Crippen molar-refractivity contribution in [2.75, 3.05) is 23.3 Å². The number of nitrogens with one attached hydrogen (secondary N) is 1. The van der Waals surface area contributed by atoms with Crippen LogP contribution < -0.4 is 10.2 Å². The number of hydrogen-bond donors (Lipinski definition) is 1. The lowest BCUT2D eigenvalue weighted by atomic mass is 10.2. The molecule has 35 heavy (non-hydrogen) atoms. The van der Waals surface area contributed by atoms with Crippen LogP contribution in [0.2, 0.25) is 0 Å². The molecule has 3 aromatic heterocycles. The molecule has 0 spiro atoms. The van der Waals surface area contributed by atoms with E-state index in [1.54, 1.807) is 18.2 Å². The van der Waals surface area contributed by atoms with Crippen LogP contribution in [0.25, 0.3) is 5.52 Å². The molecule has 2 atom stereocenters. The summed E-state index contributed by atoms with van der Waals surface area (Å²) in [6, 6.07) is 5.86. The van der Waals surface area contributed by atoms with Crippen molar-refractivity contribution in [2.24, 2.45) is 7.05 Å². The van der Waals surface area contributed by atoms with Crippen LogP contribution in [0, 0.1) is 0 Å². The van der Waals surface area contributed by atoms with Gasteiger partial charge in [0.25, 0.3) is 12.3 Å². The number of likely N-dealkylation sites (tertiary alicyclic amines) is 1. The summed E-state index contributed by atoms with van der Waals surface area (Å²) in [6.45, 7) is -0.157. The maximum atomic E-state index is 13.2. The molecule has 186 valence electrons. The minimum absolute atomic E-state index is 0.0784. The number of fused-ring (bicyclic) bond motifs is 3. The van der Waals surface area contributed by atoms with Crippen molar-refractivity contribution in [1.82, 2.24) is 24.3 Å². The molecule has 5 rings (SSSR count). The second-order valence-corrected chi connectivity index (χ2v) is 8.60. The molecule has 1 N–H and O–H groups in total. The van der Waals surface area contributed by atoms with Crippen LogP contribution >= 0.6 is 0 Å². The third-order valence-electron chi connectivity index (χ3n) is 6.31. The fourth-order valence-electron chi connectivity index (χ4n) is 4.86. The Bertz CT molecular complexity index is 1290. The van der Waals surface area contributed by atoms with E-state index < -0.39 is 30.1 Å². The Morgan fingerprint density at radius 3 is 2.34 bits per heavy atom.